The molecule has 0 radical (unpaired) electrons. The van der Waals surface area contributed by atoms with Crippen molar-refractivity contribution in [3.8, 4) is 17.2 Å². The number of benzene rings is 2. The minimum Gasteiger partial charge on any atom is -0.497 e. The average Bonchev–Trinajstić information content (AvgIpc) is 2.64. The van der Waals surface area contributed by atoms with Gasteiger partial charge in [-0.3, -0.25) is 4.79 Å². The summed E-state index contributed by atoms with van der Waals surface area (Å²) >= 11 is 0. The summed E-state index contributed by atoms with van der Waals surface area (Å²) in [5.74, 6) is 0.400. The number of carboxylic acid groups (broad SMARTS) is 1. The second kappa shape index (κ2) is 8.54. The van der Waals surface area contributed by atoms with Gasteiger partial charge in [0.05, 0.1) is 14.2 Å². The number of ether oxygens (including phenoxy) is 3. The van der Waals surface area contributed by atoms with E-state index in [9.17, 15) is 9.59 Å². The van der Waals surface area contributed by atoms with Crippen molar-refractivity contribution in [2.45, 2.75) is 0 Å². The van der Waals surface area contributed by atoms with Crippen LogP contribution in [0.5, 0.6) is 17.2 Å². The topological polar surface area (TPSA) is 82.1 Å². The molecule has 2 rings (SSSR count). The van der Waals surface area contributed by atoms with Gasteiger partial charge in [-0.2, -0.15) is 0 Å². The van der Waals surface area contributed by atoms with Crippen LogP contribution in [0.3, 0.4) is 0 Å². The molecule has 0 fully saturated rings. The third-order valence-electron chi connectivity index (χ3n) is 3.36. The van der Waals surface area contributed by atoms with E-state index in [2.05, 4.69) is 0 Å². The number of hydrogen-bond donors (Lipinski definition) is 1. The largest absolute Gasteiger partial charge is 0.497 e. The van der Waals surface area contributed by atoms with E-state index in [1.807, 2.05) is 0 Å². The molecule has 0 spiro atoms. The molecule has 6 heteroatoms. The summed E-state index contributed by atoms with van der Waals surface area (Å²) in [6.45, 7) is -0.426. The van der Waals surface area contributed by atoms with E-state index in [-0.39, 0.29) is 5.78 Å². The Balaban J connectivity index is 2.08. The minimum absolute atomic E-state index is 0.192. The highest BCUT2D eigenvalue weighted by molar-refractivity contribution is 6.07. The van der Waals surface area contributed by atoms with Crippen LogP contribution in [0.1, 0.15) is 15.9 Å². The molecule has 2 aromatic rings. The number of carbonyl (C=O) groups is 2. The zero-order valence-corrected chi connectivity index (χ0v) is 13.9. The molecule has 0 aromatic heterocycles. The average molecular weight is 342 g/mol. The van der Waals surface area contributed by atoms with Gasteiger partial charge < -0.3 is 19.3 Å². The number of aliphatic carboxylic acids is 1. The van der Waals surface area contributed by atoms with Crippen molar-refractivity contribution in [1.29, 1.82) is 0 Å². The fraction of sp³-hybridized carbons (Fsp3) is 0.158. The first-order valence-corrected chi connectivity index (χ1v) is 7.42. The molecule has 0 aliphatic heterocycles. The Labute approximate surface area is 145 Å². The number of carboxylic acids is 1. The van der Waals surface area contributed by atoms with E-state index < -0.39 is 12.6 Å². The third-order valence-corrected chi connectivity index (χ3v) is 3.36. The second-order valence-corrected chi connectivity index (χ2v) is 5.01. The number of rotatable bonds is 8. The molecule has 2 aromatic carbocycles. The highest BCUT2D eigenvalue weighted by Gasteiger charge is 2.06. The van der Waals surface area contributed by atoms with Crippen molar-refractivity contribution in [2.24, 2.45) is 0 Å². The van der Waals surface area contributed by atoms with Crippen LogP contribution in [0.4, 0.5) is 0 Å². The Bertz CT molecular complexity index is 777. The molecule has 0 amide bonds. The molecule has 0 unspecified atom stereocenters. The van der Waals surface area contributed by atoms with Crippen LogP contribution in [-0.2, 0) is 4.79 Å². The van der Waals surface area contributed by atoms with Gasteiger partial charge in [0.15, 0.2) is 12.4 Å². The molecule has 1 N–H and O–H groups in total. The summed E-state index contributed by atoms with van der Waals surface area (Å²) in [6, 6.07) is 11.6. The van der Waals surface area contributed by atoms with Gasteiger partial charge in [0, 0.05) is 17.2 Å². The quantitative estimate of drug-likeness (QED) is 0.586. The molecule has 0 aliphatic carbocycles. The van der Waals surface area contributed by atoms with Crippen molar-refractivity contribution >= 4 is 17.8 Å². The fourth-order valence-corrected chi connectivity index (χ4v) is 2.08. The van der Waals surface area contributed by atoms with Crippen LogP contribution in [0.25, 0.3) is 6.08 Å². The SMILES string of the molecule is COc1ccc(/C=C/C(=O)c2ccc(OCC(=O)O)cc2)c(OC)c1. The number of carbonyl (C=O) groups excluding carboxylic acids is 1. The van der Waals surface area contributed by atoms with E-state index >= 15 is 0 Å². The number of methoxy groups -OCH3 is 2. The maximum absolute atomic E-state index is 12.2. The first-order valence-electron chi connectivity index (χ1n) is 7.42. The van der Waals surface area contributed by atoms with Crippen molar-refractivity contribution in [3.63, 3.8) is 0 Å². The van der Waals surface area contributed by atoms with E-state index in [4.69, 9.17) is 19.3 Å². The van der Waals surface area contributed by atoms with Gasteiger partial charge >= 0.3 is 5.97 Å². The molecule has 25 heavy (non-hydrogen) atoms. The Morgan fingerprint density at radius 3 is 2.28 bits per heavy atom. The normalized spacial score (nSPS) is 10.5. The van der Waals surface area contributed by atoms with Crippen molar-refractivity contribution in [1.82, 2.24) is 0 Å². The van der Waals surface area contributed by atoms with Gasteiger partial charge in [0.1, 0.15) is 17.2 Å². The van der Waals surface area contributed by atoms with Crippen molar-refractivity contribution in [2.75, 3.05) is 20.8 Å². The van der Waals surface area contributed by atoms with Gasteiger partial charge in [-0.25, -0.2) is 4.79 Å². The van der Waals surface area contributed by atoms with Gasteiger partial charge in [-0.1, -0.05) is 0 Å². The smallest absolute Gasteiger partial charge is 0.341 e. The zero-order chi connectivity index (χ0) is 18.2. The number of hydrogen-bond acceptors (Lipinski definition) is 5. The van der Waals surface area contributed by atoms with Crippen LogP contribution in [0.15, 0.2) is 48.5 Å². The van der Waals surface area contributed by atoms with Crippen LogP contribution in [-0.4, -0.2) is 37.7 Å². The number of ketones is 1. The monoisotopic (exact) mass is 342 g/mol. The van der Waals surface area contributed by atoms with Gasteiger partial charge in [-0.05, 0) is 48.6 Å². The van der Waals surface area contributed by atoms with Gasteiger partial charge in [-0.15, -0.1) is 0 Å². The van der Waals surface area contributed by atoms with Crippen LogP contribution in [0.2, 0.25) is 0 Å². The summed E-state index contributed by atoms with van der Waals surface area (Å²) in [5.41, 5.74) is 1.21. The molecular formula is C19H18O6. The lowest BCUT2D eigenvalue weighted by atomic mass is 10.1. The third kappa shape index (κ3) is 5.10. The lowest BCUT2D eigenvalue weighted by molar-refractivity contribution is -0.139. The summed E-state index contributed by atoms with van der Waals surface area (Å²) < 4.78 is 15.4. The number of allylic oxidation sites excluding steroid dienone is 1. The molecule has 0 heterocycles. The molecule has 0 saturated carbocycles. The van der Waals surface area contributed by atoms with E-state index in [1.54, 1.807) is 62.8 Å². The predicted octanol–water partition coefficient (Wildman–Crippen LogP) is 3.06. The summed E-state index contributed by atoms with van der Waals surface area (Å²) in [7, 11) is 3.11. The molecule has 0 aliphatic rings. The Morgan fingerprint density at radius 1 is 1.00 bits per heavy atom. The highest BCUT2D eigenvalue weighted by Crippen LogP contribution is 2.25. The zero-order valence-electron chi connectivity index (χ0n) is 13.9. The van der Waals surface area contributed by atoms with Crippen molar-refractivity contribution < 1.29 is 28.9 Å². The molecule has 6 nitrogen and oxygen atoms in total. The Kier molecular flexibility index (Phi) is 6.17. The standard InChI is InChI=1S/C19H18O6/c1-23-16-9-5-14(18(11-16)24-2)6-10-17(20)13-3-7-15(8-4-13)25-12-19(21)22/h3-11H,12H2,1-2H3,(H,21,22)/b10-6+. The minimum atomic E-state index is -1.06. The van der Waals surface area contributed by atoms with Crippen molar-refractivity contribution in [3.05, 3.63) is 59.7 Å². The van der Waals surface area contributed by atoms with E-state index in [1.165, 1.54) is 6.08 Å². The first-order chi connectivity index (χ1) is 12.0. The summed E-state index contributed by atoms with van der Waals surface area (Å²) in [4.78, 5) is 22.7. The molecule has 130 valence electrons. The maximum atomic E-state index is 12.2. The second-order valence-electron chi connectivity index (χ2n) is 5.01. The lowest BCUT2D eigenvalue weighted by Gasteiger charge is -2.07. The Hall–Kier alpha value is -3.28. The molecular weight excluding hydrogens is 324 g/mol. The van der Waals surface area contributed by atoms with Gasteiger partial charge in [0.25, 0.3) is 0 Å². The molecule has 0 bridgehead atoms. The maximum Gasteiger partial charge on any atom is 0.341 e. The highest BCUT2D eigenvalue weighted by atomic mass is 16.5. The molecule has 0 atom stereocenters. The predicted molar refractivity (Wildman–Crippen MR) is 92.5 cm³/mol. The summed E-state index contributed by atoms with van der Waals surface area (Å²) in [5, 5.41) is 8.57. The van der Waals surface area contributed by atoms with Crippen LogP contribution < -0.4 is 14.2 Å². The van der Waals surface area contributed by atoms with Crippen LogP contribution in [0, 0.1) is 0 Å². The summed E-state index contributed by atoms with van der Waals surface area (Å²) in [6.07, 6.45) is 3.10. The first kappa shape index (κ1) is 18.1. The Morgan fingerprint density at radius 2 is 1.68 bits per heavy atom. The van der Waals surface area contributed by atoms with E-state index in [0.717, 1.165) is 5.56 Å². The molecule has 0 saturated heterocycles. The lowest BCUT2D eigenvalue weighted by Crippen LogP contribution is -2.09. The van der Waals surface area contributed by atoms with Gasteiger partial charge in [0.2, 0.25) is 0 Å². The fourth-order valence-electron chi connectivity index (χ4n) is 2.08. The van der Waals surface area contributed by atoms with E-state index in [0.29, 0.717) is 22.8 Å². The van der Waals surface area contributed by atoms with Crippen LogP contribution >= 0.6 is 0 Å².